The van der Waals surface area contributed by atoms with Gasteiger partial charge in [-0.1, -0.05) is 51.5 Å². The molecule has 0 bridgehead atoms. The van der Waals surface area contributed by atoms with Crippen LogP contribution in [-0.4, -0.2) is 56.5 Å². The summed E-state index contributed by atoms with van der Waals surface area (Å²) >= 11 is 5.88. The first-order valence-corrected chi connectivity index (χ1v) is 13.6. The van der Waals surface area contributed by atoms with Crippen molar-refractivity contribution >= 4 is 23.5 Å². The molecule has 0 aliphatic heterocycles. The summed E-state index contributed by atoms with van der Waals surface area (Å²) in [5.41, 5.74) is 2.95. The molecule has 2 aromatic rings. The summed E-state index contributed by atoms with van der Waals surface area (Å²) in [7, 11) is 0. The molecule has 38 heavy (non-hydrogen) atoms. The highest BCUT2D eigenvalue weighted by Crippen LogP contribution is 2.34. The molecule has 0 aliphatic carbocycles. The Morgan fingerprint density at radius 1 is 0.868 bits per heavy atom. The van der Waals surface area contributed by atoms with Gasteiger partial charge in [0.15, 0.2) is 6.10 Å². The van der Waals surface area contributed by atoms with Crippen LogP contribution in [0.5, 0.6) is 11.5 Å². The van der Waals surface area contributed by atoms with Crippen LogP contribution in [0.3, 0.4) is 0 Å². The highest BCUT2D eigenvalue weighted by Gasteiger charge is 2.24. The number of carbonyl (C=O) groups is 2. The van der Waals surface area contributed by atoms with Gasteiger partial charge in [-0.25, -0.2) is 0 Å². The minimum atomic E-state index is -0.497. The Balaban J connectivity index is 2.02. The zero-order valence-corrected chi connectivity index (χ0v) is 24.1. The van der Waals surface area contributed by atoms with Crippen molar-refractivity contribution in [2.45, 2.75) is 72.0 Å². The number of ether oxygens (including phenoxy) is 5. The number of hydrogen-bond acceptors (Lipinski definition) is 7. The van der Waals surface area contributed by atoms with Gasteiger partial charge in [-0.15, -0.1) is 11.6 Å². The summed E-state index contributed by atoms with van der Waals surface area (Å²) < 4.78 is 27.9. The number of benzene rings is 2. The molecule has 8 heteroatoms. The Morgan fingerprint density at radius 2 is 1.47 bits per heavy atom. The second-order valence-corrected chi connectivity index (χ2v) is 10.1. The Kier molecular flexibility index (Phi) is 12.9. The zero-order valence-electron chi connectivity index (χ0n) is 23.4. The fraction of sp³-hybridized carbons (Fsp3) is 0.533. The molecule has 0 unspecified atom stereocenters. The highest BCUT2D eigenvalue weighted by molar-refractivity contribution is 6.18. The molecular weight excluding hydrogens is 508 g/mol. The van der Waals surface area contributed by atoms with Crippen molar-refractivity contribution in [2.24, 2.45) is 0 Å². The number of halogens is 1. The number of unbranched alkanes of at least 4 members (excludes halogenated alkanes) is 1. The van der Waals surface area contributed by atoms with Crippen molar-refractivity contribution in [1.29, 1.82) is 0 Å². The van der Waals surface area contributed by atoms with Crippen LogP contribution in [0.2, 0.25) is 0 Å². The standard InChI is InChI=1S/C30H41ClO7/c1-7-8-15-34-18-28(38-23(4)33)20-35-26-12-9-24(10-13-26)30(5,6)25-11-14-29(21(2)16-25)36-19-27(17-31)37-22(3)32/h9-14,16,27-28H,7-8,15,17-20H2,1-6H3/t27-,28-/m1/s1. The number of rotatable bonds is 16. The lowest BCUT2D eigenvalue weighted by molar-refractivity contribution is -0.151. The zero-order chi connectivity index (χ0) is 28.1. The first-order valence-electron chi connectivity index (χ1n) is 13.0. The molecule has 2 atom stereocenters. The SMILES string of the molecule is CCCCOC[C@H](COc1ccc(C(C)(C)c2ccc(OC[C@@H](CCl)OC(C)=O)c(C)c2)cc1)OC(C)=O. The lowest BCUT2D eigenvalue weighted by Crippen LogP contribution is -2.29. The van der Waals surface area contributed by atoms with Gasteiger partial charge in [0, 0.05) is 25.9 Å². The summed E-state index contributed by atoms with van der Waals surface area (Å²) in [6, 6.07) is 14.0. The van der Waals surface area contributed by atoms with E-state index in [1.807, 2.05) is 43.3 Å². The van der Waals surface area contributed by atoms with Crippen molar-refractivity contribution in [3.63, 3.8) is 0 Å². The molecule has 0 amide bonds. The van der Waals surface area contributed by atoms with Gasteiger partial charge in [0.2, 0.25) is 0 Å². The molecule has 2 rings (SSSR count). The van der Waals surface area contributed by atoms with E-state index in [2.05, 4.69) is 26.8 Å². The average molecular weight is 549 g/mol. The van der Waals surface area contributed by atoms with Gasteiger partial charge in [0.1, 0.15) is 30.8 Å². The van der Waals surface area contributed by atoms with E-state index in [9.17, 15) is 9.59 Å². The fourth-order valence-corrected chi connectivity index (χ4v) is 4.02. The summed E-state index contributed by atoms with van der Waals surface area (Å²) in [6.45, 7) is 12.5. The van der Waals surface area contributed by atoms with Crippen LogP contribution in [0.15, 0.2) is 42.5 Å². The van der Waals surface area contributed by atoms with Crippen LogP contribution in [0.4, 0.5) is 0 Å². The first kappa shape index (κ1) is 31.4. The summed E-state index contributed by atoms with van der Waals surface area (Å²) in [6.07, 6.45) is 1.05. The van der Waals surface area contributed by atoms with E-state index in [1.165, 1.54) is 13.8 Å². The normalized spacial score (nSPS) is 12.9. The van der Waals surface area contributed by atoms with Crippen LogP contribution < -0.4 is 9.47 Å². The monoisotopic (exact) mass is 548 g/mol. The Morgan fingerprint density at radius 3 is 2.05 bits per heavy atom. The highest BCUT2D eigenvalue weighted by atomic mass is 35.5. The van der Waals surface area contributed by atoms with E-state index >= 15 is 0 Å². The molecule has 0 radical (unpaired) electrons. The number of carbonyl (C=O) groups excluding carboxylic acids is 2. The predicted molar refractivity (Wildman–Crippen MR) is 148 cm³/mol. The molecule has 0 aliphatic rings. The molecule has 0 N–H and O–H groups in total. The molecule has 0 spiro atoms. The van der Waals surface area contributed by atoms with Crippen LogP contribution in [0, 0.1) is 6.92 Å². The minimum Gasteiger partial charge on any atom is -0.490 e. The summed E-state index contributed by atoms with van der Waals surface area (Å²) in [5, 5.41) is 0. The smallest absolute Gasteiger partial charge is 0.303 e. The van der Waals surface area contributed by atoms with Gasteiger partial charge >= 0.3 is 11.9 Å². The summed E-state index contributed by atoms with van der Waals surface area (Å²) in [4.78, 5) is 22.6. The van der Waals surface area contributed by atoms with Gasteiger partial charge < -0.3 is 23.7 Å². The molecule has 0 fully saturated rings. The van der Waals surface area contributed by atoms with Crippen molar-refractivity contribution in [1.82, 2.24) is 0 Å². The van der Waals surface area contributed by atoms with Gasteiger partial charge in [0.25, 0.3) is 0 Å². The van der Waals surface area contributed by atoms with Crippen molar-refractivity contribution in [2.75, 3.05) is 32.3 Å². The van der Waals surface area contributed by atoms with E-state index in [0.29, 0.717) is 19.0 Å². The third kappa shape index (κ3) is 10.2. The largest absolute Gasteiger partial charge is 0.490 e. The van der Waals surface area contributed by atoms with Gasteiger partial charge in [-0.05, 0) is 48.2 Å². The Bertz CT molecular complexity index is 1020. The number of esters is 2. The minimum absolute atomic E-state index is 0.167. The van der Waals surface area contributed by atoms with Crippen LogP contribution >= 0.6 is 11.6 Å². The molecule has 0 saturated heterocycles. The maximum atomic E-state index is 11.4. The average Bonchev–Trinajstić information content (AvgIpc) is 2.87. The van der Waals surface area contributed by atoms with Gasteiger partial charge in [-0.3, -0.25) is 9.59 Å². The molecule has 2 aromatic carbocycles. The molecule has 0 saturated carbocycles. The van der Waals surface area contributed by atoms with Gasteiger partial charge in [0.05, 0.1) is 12.5 Å². The molecule has 7 nitrogen and oxygen atoms in total. The molecule has 0 aromatic heterocycles. The number of hydrogen-bond donors (Lipinski definition) is 0. The molecule has 210 valence electrons. The Hall–Kier alpha value is -2.77. The third-order valence-electron chi connectivity index (χ3n) is 6.12. The van der Waals surface area contributed by atoms with E-state index < -0.39 is 12.2 Å². The van der Waals surface area contributed by atoms with Gasteiger partial charge in [-0.2, -0.15) is 0 Å². The van der Waals surface area contributed by atoms with Crippen LogP contribution in [0.1, 0.15) is 64.2 Å². The maximum absolute atomic E-state index is 11.4. The molecule has 0 heterocycles. The third-order valence-corrected chi connectivity index (χ3v) is 6.46. The first-order chi connectivity index (χ1) is 18.1. The number of aryl methyl sites for hydroxylation is 1. The van der Waals surface area contributed by atoms with Crippen molar-refractivity contribution in [3.05, 3.63) is 59.2 Å². The lowest BCUT2D eigenvalue weighted by atomic mass is 9.77. The van der Waals surface area contributed by atoms with Crippen LogP contribution in [0.25, 0.3) is 0 Å². The van der Waals surface area contributed by atoms with E-state index in [4.69, 9.17) is 35.3 Å². The van der Waals surface area contributed by atoms with Crippen molar-refractivity contribution < 1.29 is 33.3 Å². The fourth-order valence-electron chi connectivity index (χ4n) is 3.86. The second-order valence-electron chi connectivity index (χ2n) is 9.80. The van der Waals surface area contributed by atoms with E-state index in [-0.39, 0.29) is 36.4 Å². The van der Waals surface area contributed by atoms with E-state index in [0.717, 1.165) is 35.3 Å². The summed E-state index contributed by atoms with van der Waals surface area (Å²) in [5.74, 6) is 0.837. The predicted octanol–water partition coefficient (Wildman–Crippen LogP) is 6.00. The second kappa shape index (κ2) is 15.6. The topological polar surface area (TPSA) is 80.3 Å². The van der Waals surface area contributed by atoms with E-state index in [1.54, 1.807) is 0 Å². The molecular formula is C30H41ClO7. The Labute approximate surface area is 231 Å². The quantitative estimate of drug-likeness (QED) is 0.145. The van der Waals surface area contributed by atoms with Crippen LogP contribution in [-0.2, 0) is 29.2 Å². The lowest BCUT2D eigenvalue weighted by Gasteiger charge is -2.27. The number of alkyl halides is 1. The maximum Gasteiger partial charge on any atom is 0.303 e. The van der Waals surface area contributed by atoms with Crippen molar-refractivity contribution in [3.8, 4) is 11.5 Å².